The van der Waals surface area contributed by atoms with Crippen LogP contribution < -0.4 is 5.73 Å². The summed E-state index contributed by atoms with van der Waals surface area (Å²) in [6.45, 7) is 2.54. The smallest absolute Gasteiger partial charge is 0.389 e. The lowest BCUT2D eigenvalue weighted by Gasteiger charge is -2.23. The van der Waals surface area contributed by atoms with Crippen LogP contribution in [0.5, 0.6) is 0 Å². The van der Waals surface area contributed by atoms with E-state index in [2.05, 4.69) is 0 Å². The van der Waals surface area contributed by atoms with E-state index in [9.17, 15) is 18.0 Å². The van der Waals surface area contributed by atoms with Crippen LogP contribution in [0.15, 0.2) is 24.3 Å². The van der Waals surface area contributed by atoms with Crippen molar-refractivity contribution < 1.29 is 18.0 Å². The first kappa shape index (κ1) is 16.3. The van der Waals surface area contributed by atoms with Gasteiger partial charge in [0, 0.05) is 25.2 Å². The number of nitrogens with two attached hydrogens (primary N) is 1. The zero-order valence-electron chi connectivity index (χ0n) is 11.4. The summed E-state index contributed by atoms with van der Waals surface area (Å²) >= 11 is 0. The highest BCUT2D eigenvalue weighted by Crippen LogP contribution is 2.22. The van der Waals surface area contributed by atoms with Gasteiger partial charge in [0.15, 0.2) is 0 Å². The number of hydrogen-bond acceptors (Lipinski definition) is 2. The Bertz CT molecular complexity index is 446. The first-order chi connectivity index (χ1) is 9.33. The van der Waals surface area contributed by atoms with E-state index >= 15 is 0 Å². The number of benzene rings is 1. The van der Waals surface area contributed by atoms with Crippen LogP contribution in [0.4, 0.5) is 18.9 Å². The predicted molar refractivity (Wildman–Crippen MR) is 71.9 cm³/mol. The first-order valence-corrected chi connectivity index (χ1v) is 6.51. The SMILES string of the molecule is CCCN(Cc1ccccc1N)C(=O)CCC(F)(F)F. The van der Waals surface area contributed by atoms with Crippen molar-refractivity contribution in [1.29, 1.82) is 0 Å². The first-order valence-electron chi connectivity index (χ1n) is 6.51. The van der Waals surface area contributed by atoms with Gasteiger partial charge >= 0.3 is 6.18 Å². The Morgan fingerprint density at radius 2 is 1.95 bits per heavy atom. The minimum Gasteiger partial charge on any atom is -0.398 e. The van der Waals surface area contributed by atoms with E-state index in [-0.39, 0.29) is 6.54 Å². The van der Waals surface area contributed by atoms with Crippen molar-refractivity contribution in [3.05, 3.63) is 29.8 Å². The van der Waals surface area contributed by atoms with Crippen LogP contribution in [0.2, 0.25) is 0 Å². The van der Waals surface area contributed by atoms with Crippen LogP contribution in [0, 0.1) is 0 Å². The highest BCUT2D eigenvalue weighted by molar-refractivity contribution is 5.76. The second kappa shape index (κ2) is 7.17. The standard InChI is InChI=1S/C14H19F3N2O/c1-2-9-19(13(20)7-8-14(15,16)17)10-11-5-3-4-6-12(11)18/h3-6H,2,7-10,18H2,1H3. The van der Waals surface area contributed by atoms with Gasteiger partial charge in [-0.25, -0.2) is 0 Å². The minimum absolute atomic E-state index is 0.247. The molecule has 0 saturated carbocycles. The summed E-state index contributed by atoms with van der Waals surface area (Å²) in [6, 6.07) is 7.04. The molecule has 0 aliphatic heterocycles. The Morgan fingerprint density at radius 3 is 2.50 bits per heavy atom. The lowest BCUT2D eigenvalue weighted by Crippen LogP contribution is -2.32. The molecule has 2 N–H and O–H groups in total. The number of amides is 1. The van der Waals surface area contributed by atoms with Crippen molar-refractivity contribution >= 4 is 11.6 Å². The fraction of sp³-hybridized carbons (Fsp3) is 0.500. The largest absolute Gasteiger partial charge is 0.398 e. The Kier molecular flexibility index (Phi) is 5.85. The zero-order valence-corrected chi connectivity index (χ0v) is 11.4. The van der Waals surface area contributed by atoms with Crippen LogP contribution in [0.25, 0.3) is 0 Å². The summed E-state index contributed by atoms with van der Waals surface area (Å²) in [5.41, 5.74) is 7.08. The molecule has 0 saturated heterocycles. The van der Waals surface area contributed by atoms with Crippen molar-refractivity contribution in [3.63, 3.8) is 0 Å². The number of hydrogen-bond donors (Lipinski definition) is 1. The maximum atomic E-state index is 12.2. The summed E-state index contributed by atoms with van der Waals surface area (Å²) < 4.78 is 36.5. The summed E-state index contributed by atoms with van der Waals surface area (Å²) in [4.78, 5) is 13.3. The molecule has 112 valence electrons. The van der Waals surface area contributed by atoms with E-state index in [0.29, 0.717) is 18.7 Å². The second-order valence-corrected chi connectivity index (χ2v) is 4.63. The molecule has 0 radical (unpaired) electrons. The average molecular weight is 288 g/mol. The molecule has 0 aliphatic rings. The van der Waals surface area contributed by atoms with E-state index in [0.717, 1.165) is 5.56 Å². The molecule has 1 aromatic rings. The highest BCUT2D eigenvalue weighted by Gasteiger charge is 2.29. The summed E-state index contributed by atoms with van der Waals surface area (Å²) in [5.74, 6) is -0.493. The molecular weight excluding hydrogens is 269 g/mol. The van der Waals surface area contributed by atoms with Gasteiger partial charge in [0.05, 0.1) is 6.42 Å². The van der Waals surface area contributed by atoms with Crippen LogP contribution >= 0.6 is 0 Å². The third kappa shape index (κ3) is 5.50. The molecule has 0 aromatic heterocycles. The number of anilines is 1. The summed E-state index contributed by atoms with van der Waals surface area (Å²) in [5, 5.41) is 0. The molecule has 0 unspecified atom stereocenters. The lowest BCUT2D eigenvalue weighted by molar-refractivity contribution is -0.149. The fourth-order valence-corrected chi connectivity index (χ4v) is 1.85. The maximum absolute atomic E-state index is 12.2. The van der Waals surface area contributed by atoms with E-state index in [1.807, 2.05) is 6.92 Å². The second-order valence-electron chi connectivity index (χ2n) is 4.63. The molecule has 3 nitrogen and oxygen atoms in total. The molecule has 0 bridgehead atoms. The topological polar surface area (TPSA) is 46.3 Å². The number of halogens is 3. The number of nitrogens with zero attached hydrogens (tertiary/aromatic N) is 1. The number of para-hydroxylation sites is 1. The molecule has 0 spiro atoms. The molecular formula is C14H19F3N2O. The Morgan fingerprint density at radius 1 is 1.30 bits per heavy atom. The fourth-order valence-electron chi connectivity index (χ4n) is 1.85. The number of alkyl halides is 3. The summed E-state index contributed by atoms with van der Waals surface area (Å²) in [7, 11) is 0. The van der Waals surface area contributed by atoms with Crippen LogP contribution in [-0.4, -0.2) is 23.5 Å². The third-order valence-corrected chi connectivity index (χ3v) is 2.88. The molecule has 0 fully saturated rings. The maximum Gasteiger partial charge on any atom is 0.389 e. The lowest BCUT2D eigenvalue weighted by atomic mass is 10.1. The minimum atomic E-state index is -4.31. The quantitative estimate of drug-likeness (QED) is 0.816. The highest BCUT2D eigenvalue weighted by atomic mass is 19.4. The Balaban J connectivity index is 2.69. The van der Waals surface area contributed by atoms with Crippen molar-refractivity contribution in [2.75, 3.05) is 12.3 Å². The van der Waals surface area contributed by atoms with Crippen molar-refractivity contribution in [2.24, 2.45) is 0 Å². The third-order valence-electron chi connectivity index (χ3n) is 2.88. The van der Waals surface area contributed by atoms with Gasteiger partial charge in [0.1, 0.15) is 0 Å². The molecule has 0 aliphatic carbocycles. The van der Waals surface area contributed by atoms with Gasteiger partial charge in [-0.3, -0.25) is 4.79 Å². The molecule has 0 heterocycles. The van der Waals surface area contributed by atoms with Gasteiger partial charge in [-0.15, -0.1) is 0 Å². The van der Waals surface area contributed by atoms with Gasteiger partial charge in [-0.05, 0) is 18.1 Å². The summed E-state index contributed by atoms with van der Waals surface area (Å²) in [6.07, 6.45) is -5.23. The molecule has 1 amide bonds. The van der Waals surface area contributed by atoms with E-state index in [1.165, 1.54) is 4.90 Å². The zero-order chi connectivity index (χ0) is 15.2. The normalized spacial score (nSPS) is 11.4. The predicted octanol–water partition coefficient (Wildman–Crippen LogP) is 3.35. The monoisotopic (exact) mass is 288 g/mol. The molecule has 6 heteroatoms. The van der Waals surface area contributed by atoms with Crippen LogP contribution in [0.1, 0.15) is 31.7 Å². The van der Waals surface area contributed by atoms with Gasteiger partial charge in [0.25, 0.3) is 0 Å². The Hall–Kier alpha value is -1.72. The number of nitrogen functional groups attached to an aromatic ring is 1. The molecule has 0 atom stereocenters. The van der Waals surface area contributed by atoms with E-state index in [1.54, 1.807) is 24.3 Å². The Labute approximate surface area is 116 Å². The number of carbonyl (C=O) groups is 1. The van der Waals surface area contributed by atoms with Crippen LogP contribution in [-0.2, 0) is 11.3 Å². The van der Waals surface area contributed by atoms with Crippen molar-refractivity contribution in [3.8, 4) is 0 Å². The van der Waals surface area contributed by atoms with Crippen molar-refractivity contribution in [1.82, 2.24) is 4.90 Å². The van der Waals surface area contributed by atoms with Gasteiger partial charge in [-0.1, -0.05) is 25.1 Å². The van der Waals surface area contributed by atoms with Gasteiger partial charge < -0.3 is 10.6 Å². The van der Waals surface area contributed by atoms with Gasteiger partial charge in [0.2, 0.25) is 5.91 Å². The number of carbonyl (C=O) groups excluding carboxylic acids is 1. The van der Waals surface area contributed by atoms with Crippen molar-refractivity contribution in [2.45, 2.75) is 38.9 Å². The average Bonchev–Trinajstić information content (AvgIpc) is 2.37. The van der Waals surface area contributed by atoms with Gasteiger partial charge in [-0.2, -0.15) is 13.2 Å². The molecule has 20 heavy (non-hydrogen) atoms. The van der Waals surface area contributed by atoms with E-state index in [4.69, 9.17) is 5.73 Å². The molecule has 1 aromatic carbocycles. The molecule has 1 rings (SSSR count). The number of rotatable bonds is 6. The van der Waals surface area contributed by atoms with E-state index < -0.39 is 24.9 Å². The van der Waals surface area contributed by atoms with Crippen LogP contribution in [0.3, 0.4) is 0 Å².